The lowest BCUT2D eigenvalue weighted by atomic mass is 10.0. The van der Waals surface area contributed by atoms with E-state index in [-0.39, 0.29) is 0 Å². The molecule has 0 aliphatic rings. The van der Waals surface area contributed by atoms with Crippen LogP contribution < -0.4 is 0 Å². The molecule has 0 unspecified atom stereocenters. The minimum atomic E-state index is 0.570. The number of aromatic nitrogens is 5. The van der Waals surface area contributed by atoms with Crippen LogP contribution in [0.1, 0.15) is 0 Å². The number of fused-ring (bicyclic) bond motifs is 10. The lowest BCUT2D eigenvalue weighted by Crippen LogP contribution is -2.07. The summed E-state index contributed by atoms with van der Waals surface area (Å²) in [5, 5.41) is 7.09. The van der Waals surface area contributed by atoms with E-state index < -0.39 is 0 Å². The summed E-state index contributed by atoms with van der Waals surface area (Å²) in [4.78, 5) is 16.0. The van der Waals surface area contributed by atoms with Crippen molar-refractivity contribution < 1.29 is 0 Å². The minimum Gasteiger partial charge on any atom is -0.307 e. The minimum absolute atomic E-state index is 0.570. The molecule has 6 heteroatoms. The highest BCUT2D eigenvalue weighted by atomic mass is 32.1. The first-order valence-corrected chi connectivity index (χ1v) is 19.9. The lowest BCUT2D eigenvalue weighted by molar-refractivity contribution is 0.953. The Morgan fingerprint density at radius 3 is 1.56 bits per heavy atom. The Hall–Kier alpha value is -7.41. The largest absolute Gasteiger partial charge is 0.307 e. The van der Waals surface area contributed by atoms with Gasteiger partial charge in [0.15, 0.2) is 11.6 Å². The average molecular weight is 746 g/mol. The van der Waals surface area contributed by atoms with Gasteiger partial charge in [0.1, 0.15) is 0 Å². The van der Waals surface area contributed by atoms with Crippen LogP contribution in [0.2, 0.25) is 0 Å². The highest BCUT2D eigenvalue weighted by Gasteiger charge is 2.23. The van der Waals surface area contributed by atoms with Crippen molar-refractivity contribution in [2.75, 3.05) is 0 Å². The molecule has 0 radical (unpaired) electrons. The van der Waals surface area contributed by atoms with Gasteiger partial charge < -0.3 is 4.57 Å². The monoisotopic (exact) mass is 745 g/mol. The molecule has 0 aliphatic carbocycles. The van der Waals surface area contributed by atoms with Gasteiger partial charge >= 0.3 is 0 Å². The highest BCUT2D eigenvalue weighted by Crippen LogP contribution is 2.42. The summed E-state index contributed by atoms with van der Waals surface area (Å²) >= 11 is 1.81. The van der Waals surface area contributed by atoms with Crippen molar-refractivity contribution in [1.82, 2.24) is 24.1 Å². The fourth-order valence-corrected chi connectivity index (χ4v) is 9.67. The van der Waals surface area contributed by atoms with Crippen LogP contribution in [0.25, 0.3) is 109 Å². The van der Waals surface area contributed by atoms with Crippen LogP contribution in [0.4, 0.5) is 0 Å². The second kappa shape index (κ2) is 12.6. The number of hydrogen-bond donors (Lipinski definition) is 0. The zero-order chi connectivity index (χ0) is 37.5. The Morgan fingerprint density at radius 1 is 0.333 bits per heavy atom. The first-order chi connectivity index (χ1) is 28.3. The van der Waals surface area contributed by atoms with E-state index >= 15 is 0 Å². The fourth-order valence-electron chi connectivity index (χ4n) is 8.58. The van der Waals surface area contributed by atoms with E-state index in [2.05, 4.69) is 191 Å². The zero-order valence-corrected chi connectivity index (χ0v) is 31.4. The van der Waals surface area contributed by atoms with Gasteiger partial charge in [-0.25, -0.2) is 4.98 Å². The van der Waals surface area contributed by atoms with Gasteiger partial charge in [-0.1, -0.05) is 140 Å². The van der Waals surface area contributed by atoms with Crippen LogP contribution >= 0.6 is 11.3 Å². The first-order valence-electron chi connectivity index (χ1n) is 19.1. The van der Waals surface area contributed by atoms with Crippen LogP contribution in [0.5, 0.6) is 0 Å². The average Bonchev–Trinajstić information content (AvgIpc) is 3.94. The number of hydrogen-bond acceptors (Lipinski definition) is 4. The summed E-state index contributed by atoms with van der Waals surface area (Å²) in [5.41, 5.74) is 9.62. The molecule has 4 aromatic heterocycles. The normalized spacial score (nSPS) is 11.9. The molecule has 4 heterocycles. The third kappa shape index (κ3) is 4.98. The van der Waals surface area contributed by atoms with E-state index in [4.69, 9.17) is 15.0 Å². The van der Waals surface area contributed by atoms with Crippen LogP contribution in [0.15, 0.2) is 188 Å². The number of nitrogens with zero attached hydrogens (tertiary/aromatic N) is 5. The Bertz CT molecular complexity index is 3510. The molecule has 5 nitrogen and oxygen atoms in total. The van der Waals surface area contributed by atoms with Crippen molar-refractivity contribution >= 4 is 75.1 Å². The van der Waals surface area contributed by atoms with Crippen molar-refractivity contribution in [3.8, 4) is 45.5 Å². The molecule has 0 saturated carbocycles. The van der Waals surface area contributed by atoms with Crippen LogP contribution in [0.3, 0.4) is 0 Å². The van der Waals surface area contributed by atoms with E-state index in [1.165, 1.54) is 36.5 Å². The van der Waals surface area contributed by atoms with E-state index in [9.17, 15) is 0 Å². The molecule has 8 aromatic carbocycles. The molecule has 12 rings (SSSR count). The quantitative estimate of drug-likeness (QED) is 0.176. The second-order valence-electron chi connectivity index (χ2n) is 14.4. The molecule has 0 spiro atoms. The molecule has 57 heavy (non-hydrogen) atoms. The topological polar surface area (TPSA) is 48.5 Å². The molecule has 266 valence electrons. The summed E-state index contributed by atoms with van der Waals surface area (Å²) in [5.74, 6) is 1.81. The molecular weight excluding hydrogens is 715 g/mol. The summed E-state index contributed by atoms with van der Waals surface area (Å²) < 4.78 is 7.16. The molecule has 0 amide bonds. The van der Waals surface area contributed by atoms with Gasteiger partial charge in [0.2, 0.25) is 5.95 Å². The summed E-state index contributed by atoms with van der Waals surface area (Å²) in [6.07, 6.45) is 0. The Morgan fingerprint density at radius 2 is 0.842 bits per heavy atom. The Balaban J connectivity index is 1.18. The van der Waals surface area contributed by atoms with Gasteiger partial charge in [-0.2, -0.15) is 9.97 Å². The van der Waals surface area contributed by atoms with Gasteiger partial charge in [-0.05, 0) is 59.7 Å². The molecule has 0 saturated heterocycles. The molecule has 0 fully saturated rings. The van der Waals surface area contributed by atoms with E-state index in [1.807, 2.05) is 17.4 Å². The maximum atomic E-state index is 5.41. The summed E-state index contributed by atoms with van der Waals surface area (Å²) in [7, 11) is 0. The van der Waals surface area contributed by atoms with Crippen molar-refractivity contribution in [3.63, 3.8) is 0 Å². The van der Waals surface area contributed by atoms with Crippen LogP contribution in [-0.2, 0) is 0 Å². The van der Waals surface area contributed by atoms with Crippen molar-refractivity contribution in [2.45, 2.75) is 0 Å². The predicted molar refractivity (Wildman–Crippen MR) is 238 cm³/mol. The highest BCUT2D eigenvalue weighted by molar-refractivity contribution is 7.25. The van der Waals surface area contributed by atoms with Crippen molar-refractivity contribution in [1.29, 1.82) is 0 Å². The van der Waals surface area contributed by atoms with Gasteiger partial charge in [-0.15, -0.1) is 11.3 Å². The molecular formula is C51H31N5S. The molecule has 0 aliphatic heterocycles. The third-order valence-electron chi connectivity index (χ3n) is 11.2. The Labute approximate surface area is 331 Å². The van der Waals surface area contributed by atoms with Crippen LogP contribution in [-0.4, -0.2) is 24.1 Å². The molecule has 0 bridgehead atoms. The number of para-hydroxylation sites is 3. The van der Waals surface area contributed by atoms with Gasteiger partial charge in [-0.3, -0.25) is 4.57 Å². The number of benzene rings is 8. The lowest BCUT2D eigenvalue weighted by Gasteiger charge is -2.13. The van der Waals surface area contributed by atoms with Gasteiger partial charge in [0.05, 0.1) is 22.1 Å². The van der Waals surface area contributed by atoms with Gasteiger partial charge in [0, 0.05) is 58.5 Å². The summed E-state index contributed by atoms with van der Waals surface area (Å²) in [6.45, 7) is 0. The van der Waals surface area contributed by atoms with E-state index in [1.54, 1.807) is 0 Å². The second-order valence-corrected chi connectivity index (χ2v) is 15.5. The molecule has 0 N–H and O–H groups in total. The standard InChI is InChI=1S/C51H31N5S/c1-3-13-32(14-4-1)33-23-25-34(26-24-33)49-52-50(35-27-30-46-42(31-35)39-19-9-12-22-45(39)57-46)54-51(53-49)56-44-21-11-8-18-38(44)41-29-28-40-37-17-7-10-20-43(37)55(47(40)48(41)56)36-15-5-2-6-16-36/h1-31H. The zero-order valence-electron chi connectivity index (χ0n) is 30.5. The summed E-state index contributed by atoms with van der Waals surface area (Å²) in [6, 6.07) is 66.7. The smallest absolute Gasteiger partial charge is 0.238 e. The first kappa shape index (κ1) is 31.9. The number of thiophene rings is 1. The molecule has 0 atom stereocenters. The predicted octanol–water partition coefficient (Wildman–Crippen LogP) is 13.4. The Kier molecular flexibility index (Phi) is 7.03. The maximum Gasteiger partial charge on any atom is 0.238 e. The number of rotatable bonds is 5. The van der Waals surface area contributed by atoms with Crippen molar-refractivity contribution in [3.05, 3.63) is 188 Å². The van der Waals surface area contributed by atoms with E-state index in [0.717, 1.165) is 55.2 Å². The van der Waals surface area contributed by atoms with Crippen LogP contribution in [0, 0.1) is 0 Å². The third-order valence-corrected chi connectivity index (χ3v) is 12.3. The molecule has 12 aromatic rings. The fraction of sp³-hybridized carbons (Fsp3) is 0. The van der Waals surface area contributed by atoms with Crippen molar-refractivity contribution in [2.24, 2.45) is 0 Å². The van der Waals surface area contributed by atoms with Gasteiger partial charge in [0.25, 0.3) is 0 Å². The maximum absolute atomic E-state index is 5.41. The SMILES string of the molecule is c1ccc(-c2ccc(-c3nc(-c4ccc5sc6ccccc6c5c4)nc(-n4c5ccccc5c5ccc6c7ccccc7n(-c7ccccc7)c6c54)n3)cc2)cc1. The van der Waals surface area contributed by atoms with E-state index in [0.29, 0.717) is 17.6 Å².